The quantitative estimate of drug-likeness (QED) is 0.401. The summed E-state index contributed by atoms with van der Waals surface area (Å²) >= 11 is 0. The van der Waals surface area contributed by atoms with E-state index in [0.29, 0.717) is 12.0 Å². The van der Waals surface area contributed by atoms with Crippen molar-refractivity contribution in [1.82, 2.24) is 4.90 Å². The van der Waals surface area contributed by atoms with Gasteiger partial charge in [0, 0.05) is 6.04 Å². The smallest absolute Gasteiger partial charge is 0.410 e. The Bertz CT molecular complexity index is 1410. The molecule has 0 fully saturated rings. The molecule has 0 aromatic heterocycles. The number of nitrogens with zero attached hydrogens (tertiary/aromatic N) is 1. The van der Waals surface area contributed by atoms with E-state index in [2.05, 4.69) is 0 Å². The topological polar surface area (TPSA) is 144 Å². The highest BCUT2D eigenvalue weighted by Crippen LogP contribution is 2.26. The van der Waals surface area contributed by atoms with Gasteiger partial charge in [-0.1, -0.05) is 54.3 Å². The van der Waals surface area contributed by atoms with Gasteiger partial charge in [-0.3, -0.25) is 0 Å². The van der Waals surface area contributed by atoms with Crippen molar-refractivity contribution in [3.05, 3.63) is 89.5 Å². The van der Waals surface area contributed by atoms with Crippen LogP contribution in [-0.2, 0) is 21.0 Å². The first-order valence-electron chi connectivity index (χ1n) is 12.3. The predicted octanol–water partition coefficient (Wildman–Crippen LogP) is 4.19. The molecule has 1 amide bonds. The summed E-state index contributed by atoms with van der Waals surface area (Å²) in [6.07, 6.45) is -1.18. The summed E-state index contributed by atoms with van der Waals surface area (Å²) < 4.78 is 31.7. The number of carbonyl (C=O) groups excluding carboxylic acids is 1. The summed E-state index contributed by atoms with van der Waals surface area (Å²) in [4.78, 5) is 25.4. The Morgan fingerprint density at radius 1 is 0.974 bits per heavy atom. The zero-order valence-electron chi connectivity index (χ0n) is 22.2. The molecule has 39 heavy (non-hydrogen) atoms. The second-order valence-electron chi connectivity index (χ2n) is 10.2. The van der Waals surface area contributed by atoms with Crippen LogP contribution in [-0.4, -0.2) is 53.8 Å². The van der Waals surface area contributed by atoms with Crippen LogP contribution in [0.4, 0.5) is 4.79 Å². The molecule has 0 bridgehead atoms. The van der Waals surface area contributed by atoms with E-state index < -0.39 is 51.0 Å². The van der Waals surface area contributed by atoms with Gasteiger partial charge in [-0.05, 0) is 69.5 Å². The number of carbonyl (C=O) groups is 2. The average molecular weight is 555 g/mol. The van der Waals surface area contributed by atoms with Crippen LogP contribution in [0.5, 0.6) is 5.75 Å². The maximum Gasteiger partial charge on any atom is 0.410 e. The summed E-state index contributed by atoms with van der Waals surface area (Å²) in [7, 11) is -4.07. The highest BCUT2D eigenvalue weighted by Gasteiger charge is 2.29. The van der Waals surface area contributed by atoms with Crippen LogP contribution in [0, 0.1) is 0 Å². The van der Waals surface area contributed by atoms with E-state index in [-0.39, 0.29) is 16.3 Å². The molecule has 0 unspecified atom stereocenters. The largest absolute Gasteiger partial charge is 0.872 e. The van der Waals surface area contributed by atoms with E-state index in [0.717, 1.165) is 23.8 Å². The van der Waals surface area contributed by atoms with E-state index >= 15 is 0 Å². The van der Waals surface area contributed by atoms with Gasteiger partial charge < -0.3 is 25.0 Å². The number of ether oxygens (including phenoxy) is 1. The Kier molecular flexibility index (Phi) is 9.03. The molecule has 0 aliphatic heterocycles. The monoisotopic (exact) mass is 554 g/mol. The number of carboxylic acids is 1. The molecule has 0 saturated heterocycles. The zero-order valence-corrected chi connectivity index (χ0v) is 23.0. The summed E-state index contributed by atoms with van der Waals surface area (Å²) in [5.41, 5.74) is 0.0174. The SMILES string of the molecule is C[C@H](Cc1ccc(S(=O)(=O)c2ccc([O-])c(C(=O)O)c2)cc1)N(C[C@H](O)c1ccccc1)C(=O)OC(C)(C)C. The Labute approximate surface area is 228 Å². The van der Waals surface area contributed by atoms with Gasteiger partial charge in [0.05, 0.1) is 28.0 Å². The Morgan fingerprint density at radius 2 is 1.56 bits per heavy atom. The lowest BCUT2D eigenvalue weighted by Crippen LogP contribution is -2.45. The fraction of sp³-hybridized carbons (Fsp3) is 0.310. The first kappa shape index (κ1) is 29.7. The van der Waals surface area contributed by atoms with Gasteiger partial charge in [0.25, 0.3) is 0 Å². The summed E-state index contributed by atoms with van der Waals surface area (Å²) in [5, 5.41) is 31.7. The van der Waals surface area contributed by atoms with Crippen molar-refractivity contribution in [2.45, 2.75) is 61.7 Å². The van der Waals surface area contributed by atoms with Crippen LogP contribution in [0.15, 0.2) is 82.6 Å². The van der Waals surface area contributed by atoms with Crippen molar-refractivity contribution in [2.24, 2.45) is 0 Å². The van der Waals surface area contributed by atoms with Gasteiger partial charge in [0.15, 0.2) is 0 Å². The van der Waals surface area contributed by atoms with Gasteiger partial charge >= 0.3 is 12.1 Å². The molecular formula is C29H32NO8S-. The summed E-state index contributed by atoms with van der Waals surface area (Å²) in [5.74, 6) is -2.29. The van der Waals surface area contributed by atoms with Gasteiger partial charge in [-0.25, -0.2) is 18.0 Å². The van der Waals surface area contributed by atoms with Gasteiger partial charge in [0.1, 0.15) is 5.60 Å². The summed E-state index contributed by atoms with van der Waals surface area (Å²) in [6.45, 7) is 7.07. The van der Waals surface area contributed by atoms with E-state index in [9.17, 15) is 28.2 Å². The number of hydrogen-bond acceptors (Lipinski definition) is 7. The Morgan fingerprint density at radius 3 is 2.13 bits per heavy atom. The maximum atomic E-state index is 13.0. The number of amides is 1. The van der Waals surface area contributed by atoms with Crippen LogP contribution in [0.2, 0.25) is 0 Å². The fourth-order valence-corrected chi connectivity index (χ4v) is 5.24. The molecule has 0 aliphatic carbocycles. The van der Waals surface area contributed by atoms with Crippen molar-refractivity contribution < 1.29 is 38.1 Å². The number of rotatable bonds is 9. The molecule has 0 aliphatic rings. The molecule has 2 N–H and O–H groups in total. The van der Waals surface area contributed by atoms with Crippen molar-refractivity contribution in [3.63, 3.8) is 0 Å². The Hall–Kier alpha value is -3.89. The number of aliphatic hydroxyl groups is 1. The lowest BCUT2D eigenvalue weighted by molar-refractivity contribution is -0.268. The molecule has 0 heterocycles. The number of benzene rings is 3. The van der Waals surface area contributed by atoms with Crippen molar-refractivity contribution >= 4 is 21.9 Å². The molecule has 0 saturated carbocycles. The number of aromatic carboxylic acids is 1. The van der Waals surface area contributed by atoms with Crippen LogP contribution in [0.1, 0.15) is 55.3 Å². The number of aliphatic hydroxyl groups excluding tert-OH is 1. The first-order chi connectivity index (χ1) is 18.2. The van der Waals surface area contributed by atoms with Gasteiger partial charge in [-0.2, -0.15) is 0 Å². The second-order valence-corrected chi connectivity index (χ2v) is 12.2. The highest BCUT2D eigenvalue weighted by atomic mass is 32.2. The molecule has 3 aromatic carbocycles. The lowest BCUT2D eigenvalue weighted by atomic mass is 10.0. The molecule has 3 aromatic rings. The van der Waals surface area contributed by atoms with Gasteiger partial charge in [-0.15, -0.1) is 0 Å². The first-order valence-corrected chi connectivity index (χ1v) is 13.8. The van der Waals surface area contributed by atoms with E-state index in [4.69, 9.17) is 9.84 Å². The van der Waals surface area contributed by atoms with Crippen molar-refractivity contribution in [3.8, 4) is 5.75 Å². The minimum absolute atomic E-state index is 0.00578. The third-order valence-electron chi connectivity index (χ3n) is 5.97. The Balaban J connectivity index is 1.82. The van der Waals surface area contributed by atoms with Crippen LogP contribution in [0.3, 0.4) is 0 Å². The molecule has 2 atom stereocenters. The molecular weight excluding hydrogens is 522 g/mol. The molecule has 208 valence electrons. The lowest BCUT2D eigenvalue weighted by Gasteiger charge is -2.33. The molecule has 3 rings (SSSR count). The standard InChI is InChI=1S/C29H33NO8S/c1-19(30(28(35)38-29(2,3)4)18-26(32)21-8-6-5-7-9-21)16-20-10-12-22(13-11-20)39(36,37)23-14-15-25(31)24(17-23)27(33)34/h5-15,17,19,26,31-32H,16,18H2,1-4H3,(H,33,34)/p-1/t19-,26+/m1/s1. The van der Waals surface area contributed by atoms with Crippen molar-refractivity contribution in [1.29, 1.82) is 0 Å². The molecule has 9 nitrogen and oxygen atoms in total. The van der Waals surface area contributed by atoms with Gasteiger partial charge in [0.2, 0.25) is 9.84 Å². The fourth-order valence-electron chi connectivity index (χ4n) is 3.96. The predicted molar refractivity (Wildman–Crippen MR) is 142 cm³/mol. The van der Waals surface area contributed by atoms with Crippen LogP contribution < -0.4 is 5.11 Å². The molecule has 0 radical (unpaired) electrons. The number of carboxylic acid groups (broad SMARTS) is 1. The highest BCUT2D eigenvalue weighted by molar-refractivity contribution is 7.91. The minimum atomic E-state index is -4.07. The average Bonchev–Trinajstić information content (AvgIpc) is 2.86. The second kappa shape index (κ2) is 11.9. The third kappa shape index (κ3) is 7.58. The maximum absolute atomic E-state index is 13.0. The number of sulfone groups is 1. The molecule has 10 heteroatoms. The normalized spacial score (nSPS) is 13.4. The zero-order chi connectivity index (χ0) is 29.0. The van der Waals surface area contributed by atoms with E-state index in [1.54, 1.807) is 57.2 Å². The van der Waals surface area contributed by atoms with Crippen LogP contribution >= 0.6 is 0 Å². The van der Waals surface area contributed by atoms with Crippen LogP contribution in [0.25, 0.3) is 0 Å². The third-order valence-corrected chi connectivity index (χ3v) is 7.74. The molecule has 0 spiro atoms. The summed E-state index contributed by atoms with van der Waals surface area (Å²) in [6, 6.07) is 17.4. The van der Waals surface area contributed by atoms with E-state index in [1.807, 2.05) is 13.0 Å². The number of hydrogen-bond donors (Lipinski definition) is 2. The van der Waals surface area contributed by atoms with E-state index in [1.165, 1.54) is 17.0 Å². The minimum Gasteiger partial charge on any atom is -0.872 e. The van der Waals surface area contributed by atoms with Crippen molar-refractivity contribution in [2.75, 3.05) is 6.54 Å².